The number of carbonyl (C=O) groups excluding carboxylic acids is 1. The molecule has 1 heterocycles. The molecule has 1 aliphatic rings. The largest absolute Gasteiger partial charge is 0.431 e. The van der Waals surface area contributed by atoms with E-state index in [-0.39, 0.29) is 0 Å². The summed E-state index contributed by atoms with van der Waals surface area (Å²) in [5.41, 5.74) is -3.89. The molecule has 1 rings (SSSR count). The Labute approximate surface area is 85.5 Å². The number of carbonyl (C=O) groups is 1. The zero-order chi connectivity index (χ0) is 12.7. The minimum Gasteiger partial charge on any atom is -0.331 e. The van der Waals surface area contributed by atoms with Crippen LogP contribution in [-0.4, -0.2) is 24.4 Å². The van der Waals surface area contributed by atoms with Crippen LogP contribution in [0, 0.1) is 0 Å². The van der Waals surface area contributed by atoms with Crippen molar-refractivity contribution < 1.29 is 31.1 Å². The predicted octanol–water partition coefficient (Wildman–Crippen LogP) is 2.07. The number of allylic oxidation sites excluding steroid dienone is 1. The molecule has 9 heteroatoms. The van der Waals surface area contributed by atoms with E-state index in [1.807, 2.05) is 0 Å². The first-order valence-corrected chi connectivity index (χ1v) is 3.99. The first-order valence-electron chi connectivity index (χ1n) is 3.99. The van der Waals surface area contributed by atoms with Gasteiger partial charge >= 0.3 is 18.4 Å². The number of hydrogen-bond acceptors (Lipinski definition) is 1. The summed E-state index contributed by atoms with van der Waals surface area (Å²) in [6.07, 6.45) is -10.4. The predicted molar refractivity (Wildman–Crippen MR) is 40.3 cm³/mol. The minimum atomic E-state index is -5.25. The highest BCUT2D eigenvalue weighted by atomic mass is 19.4. The quantitative estimate of drug-likeness (QED) is 0.633. The lowest BCUT2D eigenvalue weighted by atomic mass is 10.0. The normalized spacial score (nSPS) is 22.9. The number of nitrogens with one attached hydrogen (secondary N) is 2. The van der Waals surface area contributed by atoms with Gasteiger partial charge in [0.2, 0.25) is 0 Å². The smallest absolute Gasteiger partial charge is 0.331 e. The highest BCUT2D eigenvalue weighted by molar-refractivity contribution is 5.79. The van der Waals surface area contributed by atoms with Gasteiger partial charge in [0.1, 0.15) is 5.70 Å². The fraction of sp³-hybridized carbons (Fsp3) is 0.571. The third kappa shape index (κ3) is 2.39. The molecule has 0 aromatic carbocycles. The van der Waals surface area contributed by atoms with Crippen molar-refractivity contribution in [2.24, 2.45) is 0 Å². The van der Waals surface area contributed by atoms with E-state index < -0.39 is 35.7 Å². The van der Waals surface area contributed by atoms with E-state index in [9.17, 15) is 31.1 Å². The minimum absolute atomic E-state index is 0.827. The summed E-state index contributed by atoms with van der Waals surface area (Å²) in [7, 11) is 0. The summed E-state index contributed by atoms with van der Waals surface area (Å²) >= 11 is 0. The number of amides is 2. The molecule has 0 saturated carbocycles. The zero-order valence-electron chi connectivity index (χ0n) is 7.75. The summed E-state index contributed by atoms with van der Waals surface area (Å²) in [5, 5.41) is 2.84. The number of halogens is 6. The van der Waals surface area contributed by atoms with E-state index >= 15 is 0 Å². The lowest BCUT2D eigenvalue weighted by Crippen LogP contribution is -2.53. The Kier molecular flexibility index (Phi) is 2.82. The summed E-state index contributed by atoms with van der Waals surface area (Å²) in [4.78, 5) is 10.7. The van der Waals surface area contributed by atoms with Gasteiger partial charge in [-0.15, -0.1) is 0 Å². The van der Waals surface area contributed by atoms with Crippen molar-refractivity contribution in [1.82, 2.24) is 10.6 Å². The summed E-state index contributed by atoms with van der Waals surface area (Å²) < 4.78 is 73.9. The molecule has 0 aromatic rings. The van der Waals surface area contributed by atoms with Crippen LogP contribution in [0.4, 0.5) is 31.1 Å². The number of urea groups is 1. The van der Waals surface area contributed by atoms with Crippen LogP contribution in [0.2, 0.25) is 0 Å². The number of hydrogen-bond donors (Lipinski definition) is 2. The average Bonchev–Trinajstić information content (AvgIpc) is 1.97. The highest BCUT2D eigenvalue weighted by Gasteiger charge is 2.50. The van der Waals surface area contributed by atoms with Crippen molar-refractivity contribution >= 4 is 6.03 Å². The molecular weight excluding hydrogens is 242 g/mol. The van der Waals surface area contributed by atoms with E-state index in [1.165, 1.54) is 0 Å². The molecule has 0 saturated heterocycles. The van der Waals surface area contributed by atoms with Crippen LogP contribution in [0.3, 0.4) is 0 Å². The monoisotopic (exact) mass is 248 g/mol. The second-order valence-electron chi connectivity index (χ2n) is 3.10. The standard InChI is InChI=1S/C7H6F6N2O/c1-2-3(6(8,9)10)4(7(11,12)13)15-5(16)14-2/h2H,1H3,(H2,14,15,16). The summed E-state index contributed by atoms with van der Waals surface area (Å²) in [6, 6.07) is -3.06. The van der Waals surface area contributed by atoms with Crippen molar-refractivity contribution in [3.8, 4) is 0 Å². The van der Waals surface area contributed by atoms with E-state index in [2.05, 4.69) is 0 Å². The molecule has 0 spiro atoms. The third-order valence-electron chi connectivity index (χ3n) is 1.88. The van der Waals surface area contributed by atoms with E-state index in [1.54, 1.807) is 5.32 Å². The van der Waals surface area contributed by atoms with Crippen LogP contribution >= 0.6 is 0 Å². The van der Waals surface area contributed by atoms with Crippen LogP contribution in [0.1, 0.15) is 6.92 Å². The van der Waals surface area contributed by atoms with Crippen LogP contribution < -0.4 is 10.6 Å². The summed E-state index contributed by atoms with van der Waals surface area (Å²) in [5.74, 6) is 0. The summed E-state index contributed by atoms with van der Waals surface area (Å²) in [6.45, 7) is 0.827. The van der Waals surface area contributed by atoms with Crippen LogP contribution in [0.5, 0.6) is 0 Å². The molecule has 2 amide bonds. The maximum atomic E-state index is 12.4. The van der Waals surface area contributed by atoms with Crippen molar-refractivity contribution in [3.05, 3.63) is 11.3 Å². The number of rotatable bonds is 0. The Balaban J connectivity index is 3.33. The molecule has 16 heavy (non-hydrogen) atoms. The van der Waals surface area contributed by atoms with Gasteiger partial charge in [-0.25, -0.2) is 4.79 Å². The SMILES string of the molecule is CC1NC(=O)NC(C(F)(F)F)=C1C(F)(F)F. The molecule has 1 aliphatic heterocycles. The first-order chi connectivity index (χ1) is 7.03. The molecule has 0 bridgehead atoms. The Bertz CT molecular complexity index is 342. The van der Waals surface area contributed by atoms with E-state index in [0.717, 1.165) is 12.2 Å². The van der Waals surface area contributed by atoms with Gasteiger partial charge in [-0.3, -0.25) is 0 Å². The zero-order valence-corrected chi connectivity index (χ0v) is 7.75. The molecule has 0 aromatic heterocycles. The van der Waals surface area contributed by atoms with Gasteiger partial charge in [0.05, 0.1) is 11.6 Å². The molecule has 0 aliphatic carbocycles. The topological polar surface area (TPSA) is 41.1 Å². The molecular formula is C7H6F6N2O. The molecule has 0 radical (unpaired) electrons. The van der Waals surface area contributed by atoms with E-state index in [4.69, 9.17) is 0 Å². The highest BCUT2D eigenvalue weighted by Crippen LogP contribution is 2.37. The molecule has 92 valence electrons. The molecule has 2 N–H and O–H groups in total. The van der Waals surface area contributed by atoms with Gasteiger partial charge in [0.15, 0.2) is 0 Å². The molecule has 0 fully saturated rings. The van der Waals surface area contributed by atoms with Crippen molar-refractivity contribution in [2.75, 3.05) is 0 Å². The van der Waals surface area contributed by atoms with Crippen LogP contribution in [-0.2, 0) is 0 Å². The van der Waals surface area contributed by atoms with Gasteiger partial charge in [-0.1, -0.05) is 0 Å². The lowest BCUT2D eigenvalue weighted by molar-refractivity contribution is -0.122. The average molecular weight is 248 g/mol. The Morgan fingerprint density at radius 1 is 1.06 bits per heavy atom. The van der Waals surface area contributed by atoms with Gasteiger partial charge in [0, 0.05) is 0 Å². The van der Waals surface area contributed by atoms with Crippen LogP contribution in [0.15, 0.2) is 11.3 Å². The Morgan fingerprint density at radius 2 is 1.56 bits per heavy atom. The van der Waals surface area contributed by atoms with Gasteiger partial charge < -0.3 is 10.6 Å². The van der Waals surface area contributed by atoms with Gasteiger partial charge in [-0.2, -0.15) is 26.3 Å². The second kappa shape index (κ2) is 3.56. The lowest BCUT2D eigenvalue weighted by Gasteiger charge is -2.29. The van der Waals surface area contributed by atoms with E-state index in [0.29, 0.717) is 0 Å². The number of alkyl halides is 6. The van der Waals surface area contributed by atoms with Crippen molar-refractivity contribution in [1.29, 1.82) is 0 Å². The Morgan fingerprint density at radius 3 is 1.94 bits per heavy atom. The Hall–Kier alpha value is -1.41. The first kappa shape index (κ1) is 12.7. The van der Waals surface area contributed by atoms with Crippen molar-refractivity contribution in [2.45, 2.75) is 25.3 Å². The second-order valence-corrected chi connectivity index (χ2v) is 3.10. The fourth-order valence-electron chi connectivity index (χ4n) is 1.31. The molecule has 3 nitrogen and oxygen atoms in total. The molecule has 1 unspecified atom stereocenters. The van der Waals surface area contributed by atoms with Gasteiger partial charge in [0.25, 0.3) is 0 Å². The third-order valence-corrected chi connectivity index (χ3v) is 1.88. The maximum Gasteiger partial charge on any atom is 0.431 e. The van der Waals surface area contributed by atoms with Crippen LogP contribution in [0.25, 0.3) is 0 Å². The van der Waals surface area contributed by atoms with Crippen molar-refractivity contribution in [3.63, 3.8) is 0 Å². The molecule has 1 atom stereocenters. The van der Waals surface area contributed by atoms with Gasteiger partial charge in [-0.05, 0) is 6.92 Å². The maximum absolute atomic E-state index is 12.4. The fourth-order valence-corrected chi connectivity index (χ4v) is 1.31.